The first-order valence-corrected chi connectivity index (χ1v) is 9.62. The first-order chi connectivity index (χ1) is 14.5. The normalized spacial score (nSPS) is 14.2. The molecule has 0 atom stereocenters. The number of hydrogen-bond acceptors (Lipinski definition) is 5. The van der Waals surface area contributed by atoms with E-state index in [9.17, 15) is 14.0 Å². The number of carbonyl (C=O) groups excluding carboxylic acids is 2. The Morgan fingerprint density at radius 1 is 0.967 bits per heavy atom. The van der Waals surface area contributed by atoms with Gasteiger partial charge >= 0.3 is 0 Å². The van der Waals surface area contributed by atoms with E-state index in [2.05, 4.69) is 5.32 Å². The summed E-state index contributed by atoms with van der Waals surface area (Å²) in [5.74, 6) is 0.469. The van der Waals surface area contributed by atoms with Gasteiger partial charge < -0.3 is 24.4 Å². The molecule has 2 amide bonds. The number of carbonyl (C=O) groups is 2. The van der Waals surface area contributed by atoms with Gasteiger partial charge in [-0.1, -0.05) is 0 Å². The number of anilines is 1. The number of ether oxygens (including phenoxy) is 3. The molecule has 2 aromatic carbocycles. The Kier molecular flexibility index (Phi) is 6.76. The molecule has 0 aromatic heterocycles. The molecule has 1 N–H and O–H groups in total. The third-order valence-corrected chi connectivity index (χ3v) is 5.18. The van der Waals surface area contributed by atoms with Crippen molar-refractivity contribution in [2.75, 3.05) is 39.7 Å². The van der Waals surface area contributed by atoms with Crippen molar-refractivity contribution in [1.82, 2.24) is 4.90 Å². The largest absolute Gasteiger partial charge is 0.493 e. The molecule has 1 aliphatic rings. The molecule has 1 heterocycles. The maximum Gasteiger partial charge on any atom is 0.253 e. The van der Waals surface area contributed by atoms with Crippen LogP contribution < -0.4 is 19.5 Å². The summed E-state index contributed by atoms with van der Waals surface area (Å²) in [6, 6.07) is 8.83. The molecule has 7 nitrogen and oxygen atoms in total. The number of halogens is 1. The van der Waals surface area contributed by atoms with Gasteiger partial charge in [-0.15, -0.1) is 0 Å². The molecule has 3 rings (SSSR count). The molecular formula is C22H25FN2O5. The molecule has 1 fully saturated rings. The van der Waals surface area contributed by atoms with Crippen LogP contribution in [-0.2, 0) is 4.79 Å². The van der Waals surface area contributed by atoms with E-state index < -0.39 is 0 Å². The lowest BCUT2D eigenvalue weighted by molar-refractivity contribution is -0.121. The maximum absolute atomic E-state index is 13.1. The van der Waals surface area contributed by atoms with Gasteiger partial charge in [0.2, 0.25) is 11.7 Å². The molecule has 0 radical (unpaired) electrons. The van der Waals surface area contributed by atoms with Crippen LogP contribution in [0, 0.1) is 11.7 Å². The minimum absolute atomic E-state index is 0.127. The lowest BCUT2D eigenvalue weighted by Gasteiger charge is -2.31. The van der Waals surface area contributed by atoms with Gasteiger partial charge in [0.25, 0.3) is 5.91 Å². The summed E-state index contributed by atoms with van der Waals surface area (Å²) in [5.41, 5.74) is 0.982. The van der Waals surface area contributed by atoms with E-state index in [0.29, 0.717) is 54.4 Å². The molecule has 8 heteroatoms. The summed E-state index contributed by atoms with van der Waals surface area (Å²) in [6.45, 7) is 0.924. The predicted octanol–water partition coefficient (Wildman–Crippen LogP) is 3.34. The van der Waals surface area contributed by atoms with E-state index in [-0.39, 0.29) is 23.5 Å². The van der Waals surface area contributed by atoms with Crippen LogP contribution in [0.2, 0.25) is 0 Å². The Bertz CT molecular complexity index is 883. The van der Waals surface area contributed by atoms with E-state index in [0.717, 1.165) is 0 Å². The Balaban J connectivity index is 1.62. The SMILES string of the molecule is COc1cc(NC(=O)C2CCN(C(=O)c3ccc(F)cc3)CC2)cc(OC)c1OC. The summed E-state index contributed by atoms with van der Waals surface area (Å²) in [7, 11) is 4.53. The van der Waals surface area contributed by atoms with Crippen LogP contribution in [0.5, 0.6) is 17.2 Å². The zero-order chi connectivity index (χ0) is 21.7. The van der Waals surface area contributed by atoms with Crippen LogP contribution in [0.4, 0.5) is 10.1 Å². The Hall–Kier alpha value is -3.29. The fourth-order valence-corrected chi connectivity index (χ4v) is 3.52. The second-order valence-electron chi connectivity index (χ2n) is 6.98. The lowest BCUT2D eigenvalue weighted by atomic mass is 9.95. The van der Waals surface area contributed by atoms with Gasteiger partial charge in [0.1, 0.15) is 5.82 Å². The summed E-state index contributed by atoms with van der Waals surface area (Å²) in [4.78, 5) is 27.0. The van der Waals surface area contributed by atoms with Crippen molar-refractivity contribution < 1.29 is 28.2 Å². The monoisotopic (exact) mass is 416 g/mol. The van der Waals surface area contributed by atoms with Crippen LogP contribution in [0.3, 0.4) is 0 Å². The Morgan fingerprint density at radius 3 is 2.03 bits per heavy atom. The zero-order valence-electron chi connectivity index (χ0n) is 17.2. The first-order valence-electron chi connectivity index (χ1n) is 9.62. The van der Waals surface area contributed by atoms with Crippen LogP contribution in [-0.4, -0.2) is 51.1 Å². The van der Waals surface area contributed by atoms with Crippen molar-refractivity contribution in [2.45, 2.75) is 12.8 Å². The molecule has 1 saturated heterocycles. The minimum Gasteiger partial charge on any atom is -0.493 e. The van der Waals surface area contributed by atoms with Gasteiger partial charge in [-0.3, -0.25) is 9.59 Å². The van der Waals surface area contributed by atoms with Gasteiger partial charge in [0.15, 0.2) is 11.5 Å². The van der Waals surface area contributed by atoms with Gasteiger partial charge in [-0.2, -0.15) is 0 Å². The maximum atomic E-state index is 13.1. The van der Waals surface area contributed by atoms with Crippen molar-refractivity contribution in [3.63, 3.8) is 0 Å². The third kappa shape index (κ3) is 4.64. The molecule has 2 aromatic rings. The highest BCUT2D eigenvalue weighted by Crippen LogP contribution is 2.40. The number of hydrogen-bond donors (Lipinski definition) is 1. The van der Waals surface area contributed by atoms with Crippen molar-refractivity contribution in [3.05, 3.63) is 47.8 Å². The van der Waals surface area contributed by atoms with E-state index in [1.54, 1.807) is 17.0 Å². The zero-order valence-corrected chi connectivity index (χ0v) is 17.2. The number of nitrogens with one attached hydrogen (secondary N) is 1. The number of likely N-dealkylation sites (tertiary alicyclic amines) is 1. The quantitative estimate of drug-likeness (QED) is 0.782. The van der Waals surface area contributed by atoms with Crippen molar-refractivity contribution in [3.8, 4) is 17.2 Å². The molecule has 0 spiro atoms. The highest BCUT2D eigenvalue weighted by Gasteiger charge is 2.28. The predicted molar refractivity (Wildman–Crippen MR) is 110 cm³/mol. The van der Waals surface area contributed by atoms with Crippen molar-refractivity contribution in [1.29, 1.82) is 0 Å². The van der Waals surface area contributed by atoms with Crippen LogP contribution in [0.15, 0.2) is 36.4 Å². The van der Waals surface area contributed by atoms with Gasteiger partial charge in [0.05, 0.1) is 21.3 Å². The van der Waals surface area contributed by atoms with E-state index >= 15 is 0 Å². The number of nitrogens with zero attached hydrogens (tertiary/aromatic N) is 1. The molecule has 160 valence electrons. The fourth-order valence-electron chi connectivity index (χ4n) is 3.52. The average Bonchev–Trinajstić information content (AvgIpc) is 2.78. The standard InChI is InChI=1S/C22H25FN2O5/c1-28-18-12-17(13-19(29-2)20(18)30-3)24-21(26)14-8-10-25(11-9-14)22(27)15-4-6-16(23)7-5-15/h4-7,12-14H,8-11H2,1-3H3,(H,24,26). The van der Waals surface area contributed by atoms with Crippen LogP contribution in [0.1, 0.15) is 23.2 Å². The summed E-state index contributed by atoms with van der Waals surface area (Å²) in [6.07, 6.45) is 1.09. The summed E-state index contributed by atoms with van der Waals surface area (Å²) in [5, 5.41) is 2.89. The highest BCUT2D eigenvalue weighted by atomic mass is 19.1. The molecule has 0 bridgehead atoms. The molecule has 0 saturated carbocycles. The second-order valence-corrected chi connectivity index (χ2v) is 6.98. The van der Waals surface area contributed by atoms with Crippen molar-refractivity contribution in [2.24, 2.45) is 5.92 Å². The van der Waals surface area contributed by atoms with E-state index in [1.807, 2.05) is 0 Å². The van der Waals surface area contributed by atoms with Crippen molar-refractivity contribution >= 4 is 17.5 Å². The van der Waals surface area contributed by atoms with E-state index in [4.69, 9.17) is 14.2 Å². The molecule has 0 unspecified atom stereocenters. The average molecular weight is 416 g/mol. The molecule has 30 heavy (non-hydrogen) atoms. The topological polar surface area (TPSA) is 77.1 Å². The molecule has 1 aliphatic heterocycles. The fraction of sp³-hybridized carbons (Fsp3) is 0.364. The minimum atomic E-state index is -0.381. The summed E-state index contributed by atoms with van der Waals surface area (Å²) >= 11 is 0. The van der Waals surface area contributed by atoms with Gasteiger partial charge in [-0.25, -0.2) is 4.39 Å². The number of amides is 2. The van der Waals surface area contributed by atoms with E-state index in [1.165, 1.54) is 45.6 Å². The number of methoxy groups -OCH3 is 3. The smallest absolute Gasteiger partial charge is 0.253 e. The summed E-state index contributed by atoms with van der Waals surface area (Å²) < 4.78 is 29.0. The molecular weight excluding hydrogens is 391 g/mol. The number of benzene rings is 2. The Labute approximate surface area is 174 Å². The van der Waals surface area contributed by atoms with Crippen LogP contribution >= 0.6 is 0 Å². The van der Waals surface area contributed by atoms with Gasteiger partial charge in [-0.05, 0) is 37.1 Å². The highest BCUT2D eigenvalue weighted by molar-refractivity contribution is 5.95. The first kappa shape index (κ1) is 21.4. The van der Waals surface area contributed by atoms with Gasteiger partial charge in [0, 0.05) is 42.4 Å². The molecule has 0 aliphatic carbocycles. The second kappa shape index (κ2) is 9.47. The van der Waals surface area contributed by atoms with Crippen LogP contribution in [0.25, 0.3) is 0 Å². The number of rotatable bonds is 6. The number of piperidine rings is 1. The lowest BCUT2D eigenvalue weighted by Crippen LogP contribution is -2.41. The third-order valence-electron chi connectivity index (χ3n) is 5.18. The Morgan fingerprint density at radius 2 is 1.53 bits per heavy atom.